The van der Waals surface area contributed by atoms with E-state index in [1.165, 1.54) is 51.4 Å². The zero-order valence-corrected chi connectivity index (χ0v) is 25.6. The van der Waals surface area contributed by atoms with Crippen molar-refractivity contribution in [1.82, 2.24) is 16.0 Å². The first-order valence-electron chi connectivity index (χ1n) is 15.0. The van der Waals surface area contributed by atoms with Crippen LogP contribution >= 0.6 is 0 Å². The van der Waals surface area contributed by atoms with Gasteiger partial charge in [0.15, 0.2) is 0 Å². The molecule has 3 heteroatoms. The first-order valence-corrected chi connectivity index (χ1v) is 15.0. The summed E-state index contributed by atoms with van der Waals surface area (Å²) in [6, 6.07) is 0. The third-order valence-electron chi connectivity index (χ3n) is 10.2. The van der Waals surface area contributed by atoms with Gasteiger partial charge in [-0.15, -0.1) is 0 Å². The third kappa shape index (κ3) is 6.66. The topological polar surface area (TPSA) is 36.1 Å². The molecule has 3 saturated heterocycles. The molecule has 4 aliphatic rings. The number of hydrogen-bond acceptors (Lipinski definition) is 3. The molecule has 0 spiro atoms. The van der Waals surface area contributed by atoms with Crippen LogP contribution in [-0.4, -0.2) is 33.2 Å². The van der Waals surface area contributed by atoms with E-state index in [9.17, 15) is 0 Å². The summed E-state index contributed by atoms with van der Waals surface area (Å²) in [5, 5.41) is 11.9. The highest BCUT2D eigenvalue weighted by molar-refractivity contribution is 5.07. The summed E-state index contributed by atoms with van der Waals surface area (Å²) in [4.78, 5) is 0. The Hall–Kier alpha value is -0.120. The second-order valence-corrected chi connectivity index (χ2v) is 17.7. The van der Waals surface area contributed by atoms with Gasteiger partial charge < -0.3 is 16.0 Å². The molecule has 1 saturated carbocycles. The molecule has 2 unspecified atom stereocenters. The smallest absolute Gasteiger partial charge is 0.0132 e. The Morgan fingerprint density at radius 3 is 0.829 bits per heavy atom. The summed E-state index contributed by atoms with van der Waals surface area (Å²) in [5.41, 5.74) is 1.44. The minimum Gasteiger partial charge on any atom is -0.307 e. The highest BCUT2D eigenvalue weighted by atomic mass is 15.1. The van der Waals surface area contributed by atoms with Crippen LogP contribution < -0.4 is 16.0 Å². The predicted octanol–water partition coefficient (Wildman–Crippen LogP) is 7.30. The standard InChI is InChI=1S/C32H61N3/c1-27(2)15-22(16-28(3,4)33-27)21-13-25(23-17-29(5,6)34-30(7,8)18-23)26(14-21)24-19-31(9,10)35-32(11,12)20-24/h21-26,33-35H,13-20H2,1-12H3. The third-order valence-corrected chi connectivity index (χ3v) is 10.2. The molecule has 0 radical (unpaired) electrons. The molecule has 3 nitrogen and oxygen atoms in total. The minimum absolute atomic E-state index is 0.237. The van der Waals surface area contributed by atoms with Crippen LogP contribution in [0.25, 0.3) is 0 Å². The van der Waals surface area contributed by atoms with Crippen LogP contribution in [0, 0.1) is 35.5 Å². The maximum atomic E-state index is 3.98. The van der Waals surface area contributed by atoms with Crippen molar-refractivity contribution in [1.29, 1.82) is 0 Å². The van der Waals surface area contributed by atoms with Gasteiger partial charge in [-0.05, 0) is 170 Å². The van der Waals surface area contributed by atoms with Crippen LogP contribution in [0.1, 0.15) is 134 Å². The van der Waals surface area contributed by atoms with Crippen LogP contribution in [-0.2, 0) is 0 Å². The van der Waals surface area contributed by atoms with Crippen LogP contribution in [0.2, 0.25) is 0 Å². The summed E-state index contributed by atoms with van der Waals surface area (Å²) >= 11 is 0. The van der Waals surface area contributed by atoms with Crippen LogP contribution in [0.5, 0.6) is 0 Å². The van der Waals surface area contributed by atoms with Gasteiger partial charge in [0.2, 0.25) is 0 Å². The molecule has 3 heterocycles. The van der Waals surface area contributed by atoms with Crippen LogP contribution in [0.4, 0.5) is 0 Å². The number of piperidine rings is 3. The van der Waals surface area contributed by atoms with Gasteiger partial charge in [0.05, 0.1) is 0 Å². The molecule has 4 rings (SSSR count). The summed E-state index contributed by atoms with van der Waals surface area (Å²) < 4.78 is 0. The Morgan fingerprint density at radius 1 is 0.343 bits per heavy atom. The average Bonchev–Trinajstić information content (AvgIpc) is 2.99. The van der Waals surface area contributed by atoms with Crippen molar-refractivity contribution in [3.8, 4) is 0 Å². The van der Waals surface area contributed by atoms with Gasteiger partial charge in [-0.1, -0.05) is 0 Å². The Labute approximate surface area is 219 Å². The molecule has 1 aliphatic carbocycles. The monoisotopic (exact) mass is 487 g/mol. The van der Waals surface area contributed by atoms with Crippen molar-refractivity contribution in [2.24, 2.45) is 35.5 Å². The van der Waals surface area contributed by atoms with Crippen molar-refractivity contribution in [3.05, 3.63) is 0 Å². The normalized spacial score (nSPS) is 38.9. The van der Waals surface area contributed by atoms with Crippen molar-refractivity contribution in [2.45, 2.75) is 168 Å². The highest BCUT2D eigenvalue weighted by Gasteiger charge is 2.53. The first kappa shape index (κ1) is 27.9. The lowest BCUT2D eigenvalue weighted by Gasteiger charge is -2.52. The van der Waals surface area contributed by atoms with Gasteiger partial charge in [0, 0.05) is 33.2 Å². The van der Waals surface area contributed by atoms with Crippen molar-refractivity contribution < 1.29 is 0 Å². The summed E-state index contributed by atoms with van der Waals surface area (Å²) in [6.45, 7) is 29.4. The molecule has 0 aromatic heterocycles. The molecule has 204 valence electrons. The molecule has 2 atom stereocenters. The second kappa shape index (κ2) is 8.70. The van der Waals surface area contributed by atoms with E-state index in [2.05, 4.69) is 99.0 Å². The zero-order valence-electron chi connectivity index (χ0n) is 25.6. The molecule has 0 bridgehead atoms. The van der Waals surface area contributed by atoms with Gasteiger partial charge in [-0.3, -0.25) is 0 Å². The van der Waals surface area contributed by atoms with E-state index in [1.807, 2.05) is 0 Å². The van der Waals surface area contributed by atoms with Gasteiger partial charge >= 0.3 is 0 Å². The Balaban J connectivity index is 1.64. The van der Waals surface area contributed by atoms with Gasteiger partial charge in [0.25, 0.3) is 0 Å². The lowest BCUT2D eigenvalue weighted by molar-refractivity contribution is 0.0321. The predicted molar refractivity (Wildman–Crippen MR) is 152 cm³/mol. The van der Waals surface area contributed by atoms with E-state index in [1.54, 1.807) is 0 Å². The van der Waals surface area contributed by atoms with Crippen molar-refractivity contribution >= 4 is 0 Å². The van der Waals surface area contributed by atoms with Crippen LogP contribution in [0.15, 0.2) is 0 Å². The fourth-order valence-electron chi connectivity index (χ4n) is 10.8. The maximum absolute atomic E-state index is 3.98. The lowest BCUT2D eigenvalue weighted by Crippen LogP contribution is -2.60. The highest BCUT2D eigenvalue weighted by Crippen LogP contribution is 2.56. The minimum atomic E-state index is 0.237. The lowest BCUT2D eigenvalue weighted by atomic mass is 9.62. The molecule has 0 aromatic carbocycles. The van der Waals surface area contributed by atoms with Gasteiger partial charge in [-0.25, -0.2) is 0 Å². The molecule has 0 amide bonds. The van der Waals surface area contributed by atoms with E-state index in [0.717, 1.165) is 35.5 Å². The van der Waals surface area contributed by atoms with Crippen LogP contribution in [0.3, 0.4) is 0 Å². The fraction of sp³-hybridized carbons (Fsp3) is 1.00. The van der Waals surface area contributed by atoms with Gasteiger partial charge in [-0.2, -0.15) is 0 Å². The first-order chi connectivity index (χ1) is 15.7. The van der Waals surface area contributed by atoms with E-state index in [4.69, 9.17) is 0 Å². The molecule has 3 N–H and O–H groups in total. The summed E-state index contributed by atoms with van der Waals surface area (Å²) in [7, 11) is 0. The molecular formula is C32H61N3. The van der Waals surface area contributed by atoms with E-state index in [-0.39, 0.29) is 33.2 Å². The molecular weight excluding hydrogens is 426 g/mol. The maximum Gasteiger partial charge on any atom is 0.0132 e. The summed E-state index contributed by atoms with van der Waals surface area (Å²) in [6.07, 6.45) is 11.0. The van der Waals surface area contributed by atoms with E-state index < -0.39 is 0 Å². The molecule has 3 aliphatic heterocycles. The summed E-state index contributed by atoms with van der Waals surface area (Å²) in [5.74, 6) is 5.22. The fourth-order valence-corrected chi connectivity index (χ4v) is 10.8. The SMILES string of the molecule is CC1(C)CC(C2CC(C3CC(C)(C)NC(C)(C)C3)C(C3CC(C)(C)NC(C)(C)C3)C2)CC(C)(C)N1. The Kier molecular flexibility index (Phi) is 6.94. The Bertz CT molecular complexity index is 680. The second-order valence-electron chi connectivity index (χ2n) is 17.7. The number of rotatable bonds is 3. The molecule has 35 heavy (non-hydrogen) atoms. The number of hydrogen-bond donors (Lipinski definition) is 3. The Morgan fingerprint density at radius 2 is 0.571 bits per heavy atom. The van der Waals surface area contributed by atoms with Crippen molar-refractivity contribution in [2.75, 3.05) is 0 Å². The van der Waals surface area contributed by atoms with Crippen molar-refractivity contribution in [3.63, 3.8) is 0 Å². The largest absolute Gasteiger partial charge is 0.307 e. The number of nitrogens with one attached hydrogen (secondary N) is 3. The van der Waals surface area contributed by atoms with E-state index >= 15 is 0 Å². The average molecular weight is 488 g/mol. The quantitative estimate of drug-likeness (QED) is 0.391. The molecule has 4 fully saturated rings. The van der Waals surface area contributed by atoms with E-state index in [0.29, 0.717) is 0 Å². The van der Waals surface area contributed by atoms with Gasteiger partial charge in [0.1, 0.15) is 0 Å². The zero-order chi connectivity index (χ0) is 26.2. The molecule has 0 aromatic rings.